The second-order valence-electron chi connectivity index (χ2n) is 4.76. The van der Waals surface area contributed by atoms with Crippen molar-refractivity contribution in [1.82, 2.24) is 10.6 Å². The highest BCUT2D eigenvalue weighted by atomic mass is 19.1. The Kier molecular flexibility index (Phi) is 6.08. The molecule has 0 aliphatic rings. The minimum Gasteiger partial charge on any atom is -0.480 e. The lowest BCUT2D eigenvalue weighted by molar-refractivity contribution is -0.140. The third-order valence-electron chi connectivity index (χ3n) is 3.22. The highest BCUT2D eigenvalue weighted by molar-refractivity contribution is 5.82. The van der Waals surface area contributed by atoms with E-state index in [1.54, 1.807) is 6.92 Å². The van der Waals surface area contributed by atoms with E-state index in [4.69, 9.17) is 5.11 Å². The van der Waals surface area contributed by atoms with E-state index in [-0.39, 0.29) is 18.0 Å². The van der Waals surface area contributed by atoms with Crippen LogP contribution in [-0.2, 0) is 11.3 Å². The van der Waals surface area contributed by atoms with Crippen LogP contribution >= 0.6 is 0 Å². The minimum absolute atomic E-state index is 0.113. The maximum Gasteiger partial charge on any atom is 0.326 e. The van der Waals surface area contributed by atoms with E-state index in [9.17, 15) is 18.4 Å². The highest BCUT2D eigenvalue weighted by Gasteiger charge is 2.25. The van der Waals surface area contributed by atoms with E-state index >= 15 is 0 Å². The Morgan fingerprint density at radius 2 is 2.00 bits per heavy atom. The molecule has 0 aliphatic carbocycles. The Labute approximate surface area is 121 Å². The molecule has 116 valence electrons. The van der Waals surface area contributed by atoms with Crippen LogP contribution in [0.1, 0.15) is 25.8 Å². The molecule has 2 amide bonds. The fourth-order valence-corrected chi connectivity index (χ4v) is 1.72. The van der Waals surface area contributed by atoms with E-state index in [0.717, 1.165) is 6.07 Å². The summed E-state index contributed by atoms with van der Waals surface area (Å²) in [6.45, 7) is 3.36. The van der Waals surface area contributed by atoms with Gasteiger partial charge >= 0.3 is 12.0 Å². The zero-order valence-corrected chi connectivity index (χ0v) is 11.8. The van der Waals surface area contributed by atoms with Crippen molar-refractivity contribution in [3.8, 4) is 0 Å². The van der Waals surface area contributed by atoms with Gasteiger partial charge in [-0.3, -0.25) is 0 Å². The number of hydrogen-bond acceptors (Lipinski definition) is 2. The summed E-state index contributed by atoms with van der Waals surface area (Å²) < 4.78 is 26.1. The van der Waals surface area contributed by atoms with Crippen molar-refractivity contribution in [2.75, 3.05) is 0 Å². The number of halogens is 2. The summed E-state index contributed by atoms with van der Waals surface area (Å²) in [6, 6.07) is 1.28. The van der Waals surface area contributed by atoms with Gasteiger partial charge in [-0.2, -0.15) is 0 Å². The Morgan fingerprint density at radius 3 is 2.52 bits per heavy atom. The van der Waals surface area contributed by atoms with Gasteiger partial charge in [0, 0.05) is 18.2 Å². The molecular weight excluding hydrogens is 282 g/mol. The number of carbonyl (C=O) groups excluding carboxylic acids is 1. The van der Waals surface area contributed by atoms with Crippen molar-refractivity contribution < 1.29 is 23.5 Å². The van der Waals surface area contributed by atoms with Gasteiger partial charge in [-0.25, -0.2) is 18.4 Å². The molecule has 7 heteroatoms. The molecule has 2 atom stereocenters. The van der Waals surface area contributed by atoms with Crippen molar-refractivity contribution in [2.24, 2.45) is 5.92 Å². The number of carbonyl (C=O) groups is 2. The number of benzene rings is 1. The molecule has 0 fully saturated rings. The number of hydrogen-bond donors (Lipinski definition) is 3. The molecule has 5 nitrogen and oxygen atoms in total. The van der Waals surface area contributed by atoms with Crippen LogP contribution in [0, 0.1) is 17.6 Å². The molecule has 0 radical (unpaired) electrons. The third-order valence-corrected chi connectivity index (χ3v) is 3.22. The molecule has 1 rings (SSSR count). The molecule has 1 aromatic carbocycles. The van der Waals surface area contributed by atoms with Crippen LogP contribution in [0.4, 0.5) is 13.6 Å². The molecule has 3 N–H and O–H groups in total. The first-order valence-electron chi connectivity index (χ1n) is 6.56. The molecule has 1 aromatic rings. The fraction of sp³-hybridized carbons (Fsp3) is 0.429. The van der Waals surface area contributed by atoms with Crippen LogP contribution in [0.25, 0.3) is 0 Å². The van der Waals surface area contributed by atoms with E-state index in [0.29, 0.717) is 12.5 Å². The first-order valence-corrected chi connectivity index (χ1v) is 6.56. The number of urea groups is 1. The maximum atomic E-state index is 13.4. The molecule has 0 saturated heterocycles. The van der Waals surface area contributed by atoms with Gasteiger partial charge in [0.15, 0.2) is 0 Å². The first kappa shape index (κ1) is 16.9. The first-order chi connectivity index (χ1) is 9.85. The Bertz CT molecular complexity index is 523. The van der Waals surface area contributed by atoms with E-state index in [2.05, 4.69) is 10.6 Å². The number of rotatable bonds is 6. The number of carboxylic acid groups (broad SMARTS) is 1. The quantitative estimate of drug-likeness (QED) is 0.754. The van der Waals surface area contributed by atoms with Crippen LogP contribution in [0.3, 0.4) is 0 Å². The normalized spacial score (nSPS) is 13.3. The lowest BCUT2D eigenvalue weighted by Gasteiger charge is -2.20. The molecular formula is C14H18F2N2O3. The topological polar surface area (TPSA) is 78.4 Å². The monoisotopic (exact) mass is 300 g/mol. The van der Waals surface area contributed by atoms with Gasteiger partial charge in [0.1, 0.15) is 17.7 Å². The van der Waals surface area contributed by atoms with Gasteiger partial charge in [0.05, 0.1) is 0 Å². The summed E-state index contributed by atoms with van der Waals surface area (Å²) in [5, 5.41) is 13.7. The van der Waals surface area contributed by atoms with Gasteiger partial charge in [-0.15, -0.1) is 0 Å². The molecule has 0 aliphatic heterocycles. The van der Waals surface area contributed by atoms with E-state index in [1.807, 2.05) is 6.92 Å². The third kappa shape index (κ3) is 5.02. The highest BCUT2D eigenvalue weighted by Crippen LogP contribution is 2.10. The number of amides is 2. The molecule has 21 heavy (non-hydrogen) atoms. The molecule has 0 aromatic heterocycles. The smallest absolute Gasteiger partial charge is 0.326 e. The van der Waals surface area contributed by atoms with Gasteiger partial charge < -0.3 is 15.7 Å². The average Bonchev–Trinajstić information content (AvgIpc) is 2.42. The fourth-order valence-electron chi connectivity index (χ4n) is 1.72. The summed E-state index contributed by atoms with van der Waals surface area (Å²) in [7, 11) is 0. The van der Waals surface area contributed by atoms with E-state index in [1.165, 1.54) is 6.07 Å². The zero-order valence-electron chi connectivity index (χ0n) is 11.8. The second kappa shape index (κ2) is 7.56. The van der Waals surface area contributed by atoms with Crippen molar-refractivity contribution in [3.05, 3.63) is 35.4 Å². The predicted octanol–water partition coefficient (Wildman–Crippen LogP) is 2.26. The van der Waals surface area contributed by atoms with Gasteiger partial charge in [0.25, 0.3) is 0 Å². The minimum atomic E-state index is -1.13. The van der Waals surface area contributed by atoms with Crippen molar-refractivity contribution in [1.29, 1.82) is 0 Å². The molecule has 0 spiro atoms. The molecule has 0 heterocycles. The number of carboxylic acids is 1. The SMILES string of the molecule is CCC(C)[C@H](NC(=O)NCc1ccc(F)cc1F)C(=O)O. The van der Waals surface area contributed by atoms with Crippen LogP contribution in [0.5, 0.6) is 0 Å². The summed E-state index contributed by atoms with van der Waals surface area (Å²) in [4.78, 5) is 22.7. The molecule has 1 unspecified atom stereocenters. The molecule has 0 saturated carbocycles. The van der Waals surface area contributed by atoms with Crippen molar-refractivity contribution in [3.63, 3.8) is 0 Å². The van der Waals surface area contributed by atoms with E-state index < -0.39 is 29.7 Å². The second-order valence-corrected chi connectivity index (χ2v) is 4.76. The Hall–Kier alpha value is -2.18. The van der Waals surface area contributed by atoms with Gasteiger partial charge in [-0.1, -0.05) is 26.3 Å². The van der Waals surface area contributed by atoms with Gasteiger partial charge in [0.2, 0.25) is 0 Å². The Balaban J connectivity index is 2.58. The lowest BCUT2D eigenvalue weighted by atomic mass is 9.99. The van der Waals surface area contributed by atoms with Crippen molar-refractivity contribution >= 4 is 12.0 Å². The zero-order chi connectivity index (χ0) is 16.0. The summed E-state index contributed by atoms with van der Waals surface area (Å²) >= 11 is 0. The van der Waals surface area contributed by atoms with Gasteiger partial charge in [-0.05, 0) is 12.0 Å². The largest absolute Gasteiger partial charge is 0.480 e. The summed E-state index contributed by atoms with van der Waals surface area (Å²) in [5.41, 5.74) is 0.113. The molecule has 0 bridgehead atoms. The average molecular weight is 300 g/mol. The Morgan fingerprint density at radius 1 is 1.33 bits per heavy atom. The number of aliphatic carboxylic acids is 1. The maximum absolute atomic E-state index is 13.4. The lowest BCUT2D eigenvalue weighted by Crippen LogP contribution is -2.48. The van der Waals surface area contributed by atoms with Crippen molar-refractivity contribution in [2.45, 2.75) is 32.9 Å². The van der Waals surface area contributed by atoms with Crippen LogP contribution in [0.2, 0.25) is 0 Å². The van der Waals surface area contributed by atoms with Crippen LogP contribution < -0.4 is 10.6 Å². The van der Waals surface area contributed by atoms with Crippen LogP contribution in [0.15, 0.2) is 18.2 Å². The predicted molar refractivity (Wildman–Crippen MR) is 72.6 cm³/mol. The standard InChI is InChI=1S/C14H18F2N2O3/c1-3-8(2)12(13(19)20)18-14(21)17-7-9-4-5-10(15)6-11(9)16/h4-6,8,12H,3,7H2,1-2H3,(H,19,20)(H2,17,18,21)/t8?,12-/m0/s1. The summed E-state index contributed by atoms with van der Waals surface area (Å²) in [6.07, 6.45) is 0.587. The van der Waals surface area contributed by atoms with Crippen LogP contribution in [-0.4, -0.2) is 23.1 Å². The number of nitrogens with one attached hydrogen (secondary N) is 2. The summed E-state index contributed by atoms with van der Waals surface area (Å²) in [5.74, 6) is -2.85.